The molecule has 4 heteroatoms. The van der Waals surface area contributed by atoms with E-state index in [1.807, 2.05) is 62.4 Å². The van der Waals surface area contributed by atoms with Crippen LogP contribution in [0.2, 0.25) is 0 Å². The van der Waals surface area contributed by atoms with Gasteiger partial charge in [-0.15, -0.1) is 0 Å². The molecule has 1 atom stereocenters. The van der Waals surface area contributed by atoms with Crippen molar-refractivity contribution in [3.63, 3.8) is 0 Å². The Balaban J connectivity index is 1.73. The van der Waals surface area contributed by atoms with E-state index in [1.54, 1.807) is 0 Å². The van der Waals surface area contributed by atoms with E-state index in [0.29, 0.717) is 0 Å². The number of carbonyl (C=O) groups excluding carboxylic acids is 1. The Morgan fingerprint density at radius 1 is 1.08 bits per heavy atom. The van der Waals surface area contributed by atoms with Gasteiger partial charge in [0, 0.05) is 31.7 Å². The van der Waals surface area contributed by atoms with Gasteiger partial charge in [-0.25, -0.2) is 0 Å². The summed E-state index contributed by atoms with van der Waals surface area (Å²) in [6, 6.07) is 15.3. The lowest BCUT2D eigenvalue weighted by molar-refractivity contribution is 0.0819. The maximum absolute atomic E-state index is 12.8. The van der Waals surface area contributed by atoms with Crippen LogP contribution in [-0.2, 0) is 0 Å². The van der Waals surface area contributed by atoms with E-state index in [9.17, 15) is 4.79 Å². The predicted octanol–water partition coefficient (Wildman–Crippen LogP) is 3.26. The Labute approximate surface area is 143 Å². The molecule has 1 fully saturated rings. The standard InChI is InChI=1S/C20H24N2O2/c1-15-14-18(24-17-6-4-3-5-7-17)8-9-19(15)20(23)16(2)22-12-10-21-11-13-22/h3-9,14,16,21H,10-13H2,1-2H3. The highest BCUT2D eigenvalue weighted by molar-refractivity contribution is 6.01. The average molecular weight is 324 g/mol. The Kier molecular flexibility index (Phi) is 5.28. The second-order valence-corrected chi connectivity index (χ2v) is 6.22. The van der Waals surface area contributed by atoms with Crippen molar-refractivity contribution in [2.45, 2.75) is 19.9 Å². The smallest absolute Gasteiger partial charge is 0.179 e. The molecule has 0 radical (unpaired) electrons. The minimum absolute atomic E-state index is 0.0910. The van der Waals surface area contributed by atoms with E-state index in [1.165, 1.54) is 0 Å². The minimum Gasteiger partial charge on any atom is -0.457 e. The van der Waals surface area contributed by atoms with Crippen LogP contribution in [0.4, 0.5) is 0 Å². The molecule has 1 aliphatic heterocycles. The number of Topliss-reactive ketones (excluding diaryl/α,β-unsaturated/α-hetero) is 1. The van der Waals surface area contributed by atoms with E-state index in [4.69, 9.17) is 4.74 Å². The summed E-state index contributed by atoms with van der Waals surface area (Å²) in [4.78, 5) is 15.1. The summed E-state index contributed by atoms with van der Waals surface area (Å²) in [5, 5.41) is 3.32. The van der Waals surface area contributed by atoms with E-state index < -0.39 is 0 Å². The highest BCUT2D eigenvalue weighted by atomic mass is 16.5. The van der Waals surface area contributed by atoms with Crippen LogP contribution in [0.25, 0.3) is 0 Å². The molecular weight excluding hydrogens is 300 g/mol. The Morgan fingerprint density at radius 3 is 2.46 bits per heavy atom. The Bertz CT molecular complexity index is 694. The molecule has 2 aromatic carbocycles. The third-order valence-electron chi connectivity index (χ3n) is 4.52. The van der Waals surface area contributed by atoms with Crippen molar-refractivity contribution in [3.05, 3.63) is 59.7 Å². The first kappa shape index (κ1) is 16.7. The van der Waals surface area contributed by atoms with Crippen LogP contribution in [0.1, 0.15) is 22.8 Å². The lowest BCUT2D eigenvalue weighted by atomic mass is 9.99. The third-order valence-corrected chi connectivity index (χ3v) is 4.52. The number of ether oxygens (including phenoxy) is 1. The Morgan fingerprint density at radius 2 is 1.79 bits per heavy atom. The summed E-state index contributed by atoms with van der Waals surface area (Å²) in [6.45, 7) is 7.69. The number of piperazine rings is 1. The van der Waals surface area contributed by atoms with Gasteiger partial charge in [0.2, 0.25) is 0 Å². The average Bonchev–Trinajstić information content (AvgIpc) is 2.62. The monoisotopic (exact) mass is 324 g/mol. The van der Waals surface area contributed by atoms with Gasteiger partial charge in [0.1, 0.15) is 11.5 Å². The normalized spacial score (nSPS) is 16.6. The topological polar surface area (TPSA) is 41.6 Å². The number of rotatable bonds is 5. The van der Waals surface area contributed by atoms with E-state index in [2.05, 4.69) is 10.2 Å². The lowest BCUT2D eigenvalue weighted by Gasteiger charge is -2.32. The van der Waals surface area contributed by atoms with Gasteiger partial charge < -0.3 is 10.1 Å². The number of para-hydroxylation sites is 1. The fourth-order valence-electron chi connectivity index (χ4n) is 3.06. The van der Waals surface area contributed by atoms with Crippen LogP contribution in [0.3, 0.4) is 0 Å². The SMILES string of the molecule is Cc1cc(Oc2ccccc2)ccc1C(=O)C(C)N1CCNCC1. The third kappa shape index (κ3) is 3.83. The second-order valence-electron chi connectivity index (χ2n) is 6.22. The highest BCUT2D eigenvalue weighted by Gasteiger charge is 2.24. The molecule has 1 heterocycles. The van der Waals surface area contributed by atoms with Crippen LogP contribution in [0.5, 0.6) is 11.5 Å². The molecule has 1 saturated heterocycles. The van der Waals surface area contributed by atoms with Gasteiger partial charge >= 0.3 is 0 Å². The van der Waals surface area contributed by atoms with Gasteiger partial charge in [0.05, 0.1) is 6.04 Å². The molecule has 0 amide bonds. The lowest BCUT2D eigenvalue weighted by Crippen LogP contribution is -2.50. The zero-order chi connectivity index (χ0) is 16.9. The van der Waals surface area contributed by atoms with Gasteiger partial charge in [-0.1, -0.05) is 18.2 Å². The molecule has 126 valence electrons. The van der Waals surface area contributed by atoms with E-state index >= 15 is 0 Å². The second kappa shape index (κ2) is 7.60. The molecule has 0 saturated carbocycles. The first-order chi connectivity index (χ1) is 11.6. The highest BCUT2D eigenvalue weighted by Crippen LogP contribution is 2.24. The van der Waals surface area contributed by atoms with Crippen molar-refractivity contribution in [2.75, 3.05) is 26.2 Å². The number of aryl methyl sites for hydroxylation is 1. The molecule has 0 bridgehead atoms. The van der Waals surface area contributed by atoms with E-state index in [0.717, 1.165) is 48.8 Å². The molecule has 0 spiro atoms. The summed E-state index contributed by atoms with van der Waals surface area (Å²) in [6.07, 6.45) is 0. The van der Waals surface area contributed by atoms with Crippen molar-refractivity contribution in [1.82, 2.24) is 10.2 Å². The first-order valence-electron chi connectivity index (χ1n) is 8.47. The number of nitrogens with one attached hydrogen (secondary N) is 1. The molecule has 1 unspecified atom stereocenters. The molecule has 2 aromatic rings. The van der Waals surface area contributed by atoms with Crippen LogP contribution >= 0.6 is 0 Å². The quantitative estimate of drug-likeness (QED) is 0.857. The van der Waals surface area contributed by atoms with Gasteiger partial charge in [0.15, 0.2) is 5.78 Å². The molecular formula is C20H24N2O2. The van der Waals surface area contributed by atoms with Crippen LogP contribution in [0, 0.1) is 6.92 Å². The van der Waals surface area contributed by atoms with Gasteiger partial charge in [-0.05, 0) is 49.7 Å². The number of carbonyl (C=O) groups is 1. The zero-order valence-electron chi connectivity index (χ0n) is 14.3. The summed E-state index contributed by atoms with van der Waals surface area (Å²) in [7, 11) is 0. The van der Waals surface area contributed by atoms with Crippen LogP contribution in [0.15, 0.2) is 48.5 Å². The van der Waals surface area contributed by atoms with Crippen LogP contribution < -0.4 is 10.1 Å². The Hall–Kier alpha value is -2.17. The fourth-order valence-corrected chi connectivity index (χ4v) is 3.06. The van der Waals surface area contributed by atoms with E-state index in [-0.39, 0.29) is 11.8 Å². The number of hydrogen-bond acceptors (Lipinski definition) is 4. The zero-order valence-corrected chi connectivity index (χ0v) is 14.3. The van der Waals surface area contributed by atoms with Crippen molar-refractivity contribution in [1.29, 1.82) is 0 Å². The summed E-state index contributed by atoms with van der Waals surface area (Å²) in [5.74, 6) is 1.73. The van der Waals surface area contributed by atoms with Crippen molar-refractivity contribution < 1.29 is 9.53 Å². The summed E-state index contributed by atoms with van der Waals surface area (Å²) in [5.41, 5.74) is 1.73. The fraction of sp³-hybridized carbons (Fsp3) is 0.350. The maximum Gasteiger partial charge on any atom is 0.179 e. The van der Waals surface area contributed by atoms with Gasteiger partial charge in [-0.3, -0.25) is 9.69 Å². The molecule has 3 rings (SSSR count). The largest absolute Gasteiger partial charge is 0.457 e. The molecule has 4 nitrogen and oxygen atoms in total. The maximum atomic E-state index is 12.8. The van der Waals surface area contributed by atoms with Crippen molar-refractivity contribution >= 4 is 5.78 Å². The first-order valence-corrected chi connectivity index (χ1v) is 8.47. The summed E-state index contributed by atoms with van der Waals surface area (Å²) < 4.78 is 5.84. The number of benzene rings is 2. The predicted molar refractivity (Wildman–Crippen MR) is 95.9 cm³/mol. The molecule has 1 N–H and O–H groups in total. The molecule has 24 heavy (non-hydrogen) atoms. The van der Waals surface area contributed by atoms with Gasteiger partial charge in [0.25, 0.3) is 0 Å². The molecule has 0 aromatic heterocycles. The molecule has 0 aliphatic carbocycles. The summed E-state index contributed by atoms with van der Waals surface area (Å²) >= 11 is 0. The van der Waals surface area contributed by atoms with Crippen LogP contribution in [-0.4, -0.2) is 42.9 Å². The van der Waals surface area contributed by atoms with Crippen molar-refractivity contribution in [2.24, 2.45) is 0 Å². The van der Waals surface area contributed by atoms with Gasteiger partial charge in [-0.2, -0.15) is 0 Å². The number of ketones is 1. The minimum atomic E-state index is -0.0910. The molecule has 1 aliphatic rings. The van der Waals surface area contributed by atoms with Crippen molar-refractivity contribution in [3.8, 4) is 11.5 Å². The number of nitrogens with zero attached hydrogens (tertiary/aromatic N) is 1. The number of hydrogen-bond donors (Lipinski definition) is 1.